The summed E-state index contributed by atoms with van der Waals surface area (Å²) in [5, 5.41) is 2.92. The Bertz CT molecular complexity index is 731. The fraction of sp³-hybridized carbons (Fsp3) is 0.300. The van der Waals surface area contributed by atoms with Crippen molar-refractivity contribution in [3.05, 3.63) is 59.7 Å². The normalized spacial score (nSPS) is 11.0. The molecule has 24 heavy (non-hydrogen) atoms. The lowest BCUT2D eigenvalue weighted by atomic mass is 9.89. The third kappa shape index (κ3) is 3.48. The molecule has 0 radical (unpaired) electrons. The van der Waals surface area contributed by atoms with Crippen molar-refractivity contribution < 1.29 is 9.59 Å². The van der Waals surface area contributed by atoms with Crippen LogP contribution >= 0.6 is 0 Å². The molecule has 0 spiro atoms. The molecule has 0 saturated carbocycles. The number of hydrogen-bond acceptors (Lipinski definition) is 2. The second-order valence-electron chi connectivity index (χ2n) is 6.55. The first-order valence-electron chi connectivity index (χ1n) is 7.96. The van der Waals surface area contributed by atoms with Gasteiger partial charge in [0.1, 0.15) is 5.41 Å². The lowest BCUT2D eigenvalue weighted by molar-refractivity contribution is -0.136. The molecule has 4 heteroatoms. The molecule has 0 aliphatic rings. The summed E-state index contributed by atoms with van der Waals surface area (Å²) in [5.74, 6) is -0.565. The minimum atomic E-state index is -1.18. The van der Waals surface area contributed by atoms with E-state index < -0.39 is 5.41 Å². The average Bonchev–Trinajstić information content (AvgIpc) is 2.57. The first-order valence-corrected chi connectivity index (χ1v) is 7.96. The van der Waals surface area contributed by atoms with E-state index >= 15 is 0 Å². The number of para-hydroxylation sites is 2. The lowest BCUT2D eigenvalue weighted by Gasteiger charge is -2.29. The highest BCUT2D eigenvalue weighted by atomic mass is 16.2. The molecule has 0 bridgehead atoms. The molecular formula is C20H24N2O2. The van der Waals surface area contributed by atoms with Crippen LogP contribution in [0.15, 0.2) is 48.5 Å². The molecule has 0 atom stereocenters. The van der Waals surface area contributed by atoms with Crippen molar-refractivity contribution in [2.24, 2.45) is 5.41 Å². The van der Waals surface area contributed by atoms with Crippen LogP contribution in [0.2, 0.25) is 0 Å². The third-order valence-corrected chi connectivity index (χ3v) is 4.27. The van der Waals surface area contributed by atoms with E-state index in [0.717, 1.165) is 22.5 Å². The van der Waals surface area contributed by atoms with Gasteiger partial charge in [0, 0.05) is 18.4 Å². The van der Waals surface area contributed by atoms with Gasteiger partial charge in [-0.25, -0.2) is 0 Å². The van der Waals surface area contributed by atoms with Gasteiger partial charge in [-0.2, -0.15) is 0 Å². The van der Waals surface area contributed by atoms with Crippen LogP contribution in [0, 0.1) is 19.3 Å². The number of hydrogen-bond donors (Lipinski definition) is 1. The van der Waals surface area contributed by atoms with Crippen molar-refractivity contribution in [1.82, 2.24) is 0 Å². The molecule has 2 aromatic carbocycles. The molecule has 1 N–H and O–H groups in total. The second kappa shape index (κ2) is 6.87. The second-order valence-corrected chi connectivity index (χ2v) is 6.55. The van der Waals surface area contributed by atoms with E-state index in [-0.39, 0.29) is 11.8 Å². The Morgan fingerprint density at radius 3 is 2.00 bits per heavy atom. The zero-order valence-corrected chi connectivity index (χ0v) is 14.9. The zero-order chi connectivity index (χ0) is 17.9. The highest BCUT2D eigenvalue weighted by Gasteiger charge is 2.38. The van der Waals surface area contributed by atoms with Crippen LogP contribution in [0.1, 0.15) is 25.0 Å². The lowest BCUT2D eigenvalue weighted by Crippen LogP contribution is -2.46. The fourth-order valence-corrected chi connectivity index (χ4v) is 2.57. The number of rotatable bonds is 4. The van der Waals surface area contributed by atoms with Gasteiger partial charge < -0.3 is 10.2 Å². The average molecular weight is 324 g/mol. The molecule has 0 aliphatic heterocycles. The zero-order valence-electron chi connectivity index (χ0n) is 14.9. The summed E-state index contributed by atoms with van der Waals surface area (Å²) in [6.07, 6.45) is 0. The van der Waals surface area contributed by atoms with Crippen molar-refractivity contribution in [3.63, 3.8) is 0 Å². The van der Waals surface area contributed by atoms with Crippen LogP contribution in [-0.2, 0) is 9.59 Å². The molecule has 126 valence electrons. The highest BCUT2D eigenvalue weighted by Crippen LogP contribution is 2.27. The Balaban J connectivity index is 2.22. The standard InChI is InChI=1S/C20H24N2O2/c1-14-10-9-11-15(2)17(14)21-18(23)20(3,4)19(24)22(5)16-12-7-6-8-13-16/h6-13H,1-5H3,(H,21,23). The molecule has 2 aromatic rings. The van der Waals surface area contributed by atoms with E-state index in [1.54, 1.807) is 20.9 Å². The molecule has 2 rings (SSSR count). The van der Waals surface area contributed by atoms with Crippen molar-refractivity contribution in [3.8, 4) is 0 Å². The Morgan fingerprint density at radius 2 is 1.46 bits per heavy atom. The summed E-state index contributed by atoms with van der Waals surface area (Å²) in [6, 6.07) is 15.1. The minimum Gasteiger partial charge on any atom is -0.325 e. The topological polar surface area (TPSA) is 49.4 Å². The molecule has 4 nitrogen and oxygen atoms in total. The fourth-order valence-electron chi connectivity index (χ4n) is 2.57. The van der Waals surface area contributed by atoms with Crippen molar-refractivity contribution in [2.75, 3.05) is 17.3 Å². The maximum Gasteiger partial charge on any atom is 0.241 e. The number of carbonyl (C=O) groups excluding carboxylic acids is 2. The van der Waals surface area contributed by atoms with Crippen molar-refractivity contribution in [1.29, 1.82) is 0 Å². The number of amides is 2. The van der Waals surface area contributed by atoms with E-state index in [1.165, 1.54) is 4.90 Å². The Morgan fingerprint density at radius 1 is 0.917 bits per heavy atom. The Labute approximate surface area is 143 Å². The molecule has 0 aliphatic carbocycles. The highest BCUT2D eigenvalue weighted by molar-refractivity contribution is 6.14. The smallest absolute Gasteiger partial charge is 0.241 e. The van der Waals surface area contributed by atoms with E-state index in [0.29, 0.717) is 0 Å². The van der Waals surface area contributed by atoms with Gasteiger partial charge >= 0.3 is 0 Å². The molecule has 0 aromatic heterocycles. The molecule has 0 heterocycles. The Hall–Kier alpha value is -2.62. The number of nitrogens with zero attached hydrogens (tertiary/aromatic N) is 1. The largest absolute Gasteiger partial charge is 0.325 e. The SMILES string of the molecule is Cc1cccc(C)c1NC(=O)C(C)(C)C(=O)N(C)c1ccccc1. The van der Waals surface area contributed by atoms with E-state index in [2.05, 4.69) is 5.32 Å². The van der Waals surface area contributed by atoms with Crippen LogP contribution in [-0.4, -0.2) is 18.9 Å². The van der Waals surface area contributed by atoms with Gasteiger partial charge in [0.05, 0.1) is 0 Å². The number of anilines is 2. The monoisotopic (exact) mass is 324 g/mol. The van der Waals surface area contributed by atoms with Crippen LogP contribution in [0.5, 0.6) is 0 Å². The third-order valence-electron chi connectivity index (χ3n) is 4.27. The van der Waals surface area contributed by atoms with Crippen LogP contribution in [0.4, 0.5) is 11.4 Å². The molecule has 0 unspecified atom stereocenters. The quantitative estimate of drug-likeness (QED) is 0.866. The van der Waals surface area contributed by atoms with E-state index in [9.17, 15) is 9.59 Å². The first-order chi connectivity index (χ1) is 11.2. The van der Waals surface area contributed by atoms with E-state index in [4.69, 9.17) is 0 Å². The van der Waals surface area contributed by atoms with Crippen LogP contribution < -0.4 is 10.2 Å². The summed E-state index contributed by atoms with van der Waals surface area (Å²) in [4.78, 5) is 27.1. The molecule has 0 saturated heterocycles. The number of carbonyl (C=O) groups is 2. The number of aryl methyl sites for hydroxylation is 2. The van der Waals surface area contributed by atoms with Crippen LogP contribution in [0.25, 0.3) is 0 Å². The molecule has 2 amide bonds. The summed E-state index contributed by atoms with van der Waals surface area (Å²) in [7, 11) is 1.69. The predicted molar refractivity (Wildman–Crippen MR) is 98.2 cm³/mol. The van der Waals surface area contributed by atoms with Crippen LogP contribution in [0.3, 0.4) is 0 Å². The van der Waals surface area contributed by atoms with Gasteiger partial charge in [-0.3, -0.25) is 9.59 Å². The maximum absolute atomic E-state index is 12.8. The summed E-state index contributed by atoms with van der Waals surface area (Å²) in [6.45, 7) is 7.18. The number of benzene rings is 2. The van der Waals surface area contributed by atoms with Crippen molar-refractivity contribution >= 4 is 23.2 Å². The van der Waals surface area contributed by atoms with E-state index in [1.807, 2.05) is 62.4 Å². The predicted octanol–water partition coefficient (Wildman–Crippen LogP) is 3.93. The van der Waals surface area contributed by atoms with Gasteiger partial charge in [0.25, 0.3) is 0 Å². The maximum atomic E-state index is 12.8. The number of nitrogens with one attached hydrogen (secondary N) is 1. The summed E-state index contributed by atoms with van der Waals surface area (Å²) < 4.78 is 0. The Kier molecular flexibility index (Phi) is 5.07. The van der Waals surface area contributed by atoms with Gasteiger partial charge in [-0.15, -0.1) is 0 Å². The van der Waals surface area contributed by atoms with Gasteiger partial charge in [-0.05, 0) is 51.0 Å². The molecular weight excluding hydrogens is 300 g/mol. The van der Waals surface area contributed by atoms with Gasteiger partial charge in [0.15, 0.2) is 0 Å². The van der Waals surface area contributed by atoms with Crippen molar-refractivity contribution in [2.45, 2.75) is 27.7 Å². The first kappa shape index (κ1) is 17.7. The molecule has 0 fully saturated rings. The van der Waals surface area contributed by atoms with Gasteiger partial charge in [-0.1, -0.05) is 36.4 Å². The van der Waals surface area contributed by atoms with Gasteiger partial charge in [0.2, 0.25) is 11.8 Å². The summed E-state index contributed by atoms with van der Waals surface area (Å²) >= 11 is 0. The minimum absolute atomic E-state index is 0.252. The summed E-state index contributed by atoms with van der Waals surface area (Å²) in [5.41, 5.74) is 2.30.